The Balaban J connectivity index is 2.30. The van der Waals surface area contributed by atoms with Gasteiger partial charge in [-0.15, -0.1) is 0 Å². The van der Waals surface area contributed by atoms with Crippen molar-refractivity contribution < 1.29 is 19.0 Å². The topological polar surface area (TPSA) is 48.0 Å². The van der Waals surface area contributed by atoms with Gasteiger partial charge in [0.15, 0.2) is 17.3 Å². The van der Waals surface area contributed by atoms with Crippen molar-refractivity contribution in [3.63, 3.8) is 0 Å². The summed E-state index contributed by atoms with van der Waals surface area (Å²) in [7, 11) is 8.73. The Hall–Kier alpha value is -2.79. The molecule has 0 atom stereocenters. The SMILES string of the molecule is COc1ccc(C=CC(=O)c2ccccc2CCN(C)C)c(OC)c1OC. The molecule has 27 heavy (non-hydrogen) atoms. The van der Waals surface area contributed by atoms with Crippen molar-refractivity contribution in [3.05, 3.63) is 59.2 Å². The molecule has 0 aromatic heterocycles. The zero-order valence-electron chi connectivity index (χ0n) is 16.6. The van der Waals surface area contributed by atoms with E-state index in [1.165, 1.54) is 0 Å². The van der Waals surface area contributed by atoms with E-state index >= 15 is 0 Å². The normalized spacial score (nSPS) is 11.0. The van der Waals surface area contributed by atoms with Crippen molar-refractivity contribution in [2.45, 2.75) is 6.42 Å². The molecule has 0 spiro atoms. The van der Waals surface area contributed by atoms with Gasteiger partial charge in [-0.2, -0.15) is 0 Å². The van der Waals surface area contributed by atoms with Gasteiger partial charge in [-0.1, -0.05) is 24.3 Å². The quantitative estimate of drug-likeness (QED) is 0.498. The lowest BCUT2D eigenvalue weighted by Gasteiger charge is -2.14. The first-order valence-electron chi connectivity index (χ1n) is 8.75. The number of carbonyl (C=O) groups excluding carboxylic acids is 1. The van der Waals surface area contributed by atoms with Gasteiger partial charge in [-0.3, -0.25) is 4.79 Å². The minimum absolute atomic E-state index is 0.0406. The van der Waals surface area contributed by atoms with Crippen LogP contribution in [0.15, 0.2) is 42.5 Å². The standard InChI is InChI=1S/C22H27NO4/c1-23(2)15-14-16-8-6-7-9-18(16)19(24)12-10-17-11-13-20(25-3)22(27-5)21(17)26-4/h6-13H,14-15H2,1-5H3. The second kappa shape index (κ2) is 9.78. The van der Waals surface area contributed by atoms with Crippen molar-refractivity contribution in [1.82, 2.24) is 4.90 Å². The molecule has 0 aliphatic rings. The van der Waals surface area contributed by atoms with Crippen molar-refractivity contribution in [1.29, 1.82) is 0 Å². The predicted octanol–water partition coefficient (Wildman–Crippen LogP) is 3.71. The summed E-state index contributed by atoms with van der Waals surface area (Å²) in [5.74, 6) is 1.57. The van der Waals surface area contributed by atoms with Gasteiger partial charge in [0, 0.05) is 17.7 Å². The fourth-order valence-corrected chi connectivity index (χ4v) is 2.83. The maximum Gasteiger partial charge on any atom is 0.203 e. The van der Waals surface area contributed by atoms with Gasteiger partial charge in [0.05, 0.1) is 21.3 Å². The Morgan fingerprint density at radius 1 is 0.963 bits per heavy atom. The third-order valence-corrected chi connectivity index (χ3v) is 4.26. The minimum atomic E-state index is -0.0406. The number of nitrogens with zero attached hydrogens (tertiary/aromatic N) is 1. The highest BCUT2D eigenvalue weighted by Crippen LogP contribution is 2.40. The summed E-state index contributed by atoms with van der Waals surface area (Å²) in [6.07, 6.45) is 4.13. The number of likely N-dealkylation sites (N-methyl/N-ethyl adjacent to an activating group) is 1. The van der Waals surface area contributed by atoms with E-state index in [1.54, 1.807) is 39.5 Å². The maximum atomic E-state index is 12.8. The van der Waals surface area contributed by atoms with Crippen molar-refractivity contribution in [2.24, 2.45) is 0 Å². The van der Waals surface area contributed by atoms with E-state index in [2.05, 4.69) is 4.90 Å². The Morgan fingerprint density at radius 2 is 1.67 bits per heavy atom. The summed E-state index contributed by atoms with van der Waals surface area (Å²) < 4.78 is 16.1. The zero-order chi connectivity index (χ0) is 19.8. The molecule has 2 rings (SSSR count). The summed E-state index contributed by atoms with van der Waals surface area (Å²) in [5.41, 5.74) is 2.50. The first-order chi connectivity index (χ1) is 13.0. The Morgan fingerprint density at radius 3 is 2.30 bits per heavy atom. The number of allylic oxidation sites excluding steroid dienone is 1. The average molecular weight is 369 g/mol. The fraction of sp³-hybridized carbons (Fsp3) is 0.318. The van der Waals surface area contributed by atoms with Gasteiger partial charge in [-0.25, -0.2) is 0 Å². The van der Waals surface area contributed by atoms with Gasteiger partial charge in [0.2, 0.25) is 5.75 Å². The molecule has 0 amide bonds. The van der Waals surface area contributed by atoms with E-state index in [1.807, 2.05) is 44.4 Å². The van der Waals surface area contributed by atoms with Gasteiger partial charge in [-0.05, 0) is 50.4 Å². The van der Waals surface area contributed by atoms with Crippen LogP contribution in [0.5, 0.6) is 17.2 Å². The number of ketones is 1. The van der Waals surface area contributed by atoms with Crippen LogP contribution < -0.4 is 14.2 Å². The van der Waals surface area contributed by atoms with E-state index in [0.717, 1.165) is 29.7 Å². The summed E-state index contributed by atoms with van der Waals surface area (Å²) in [5, 5.41) is 0. The van der Waals surface area contributed by atoms with Crippen LogP contribution >= 0.6 is 0 Å². The molecule has 5 nitrogen and oxygen atoms in total. The van der Waals surface area contributed by atoms with Crippen molar-refractivity contribution in [2.75, 3.05) is 42.0 Å². The molecule has 0 fully saturated rings. The molecular formula is C22H27NO4. The molecule has 144 valence electrons. The van der Waals surface area contributed by atoms with Gasteiger partial charge < -0.3 is 19.1 Å². The van der Waals surface area contributed by atoms with Crippen LogP contribution in [0.1, 0.15) is 21.5 Å². The molecule has 0 unspecified atom stereocenters. The van der Waals surface area contributed by atoms with Gasteiger partial charge >= 0.3 is 0 Å². The van der Waals surface area contributed by atoms with Gasteiger partial charge in [0.25, 0.3) is 0 Å². The van der Waals surface area contributed by atoms with E-state index < -0.39 is 0 Å². The van der Waals surface area contributed by atoms with Crippen molar-refractivity contribution >= 4 is 11.9 Å². The molecule has 2 aromatic carbocycles. The summed E-state index contributed by atoms with van der Waals surface area (Å²) in [6.45, 7) is 0.886. The van der Waals surface area contributed by atoms with E-state index in [9.17, 15) is 4.79 Å². The maximum absolute atomic E-state index is 12.8. The Bertz CT molecular complexity index is 812. The molecule has 0 aliphatic carbocycles. The molecule has 0 radical (unpaired) electrons. The highest BCUT2D eigenvalue weighted by molar-refractivity contribution is 6.08. The molecule has 5 heteroatoms. The highest BCUT2D eigenvalue weighted by atomic mass is 16.5. The first kappa shape index (κ1) is 20.5. The largest absolute Gasteiger partial charge is 0.493 e. The molecule has 0 N–H and O–H groups in total. The van der Waals surface area contributed by atoms with Crippen LogP contribution in [0.25, 0.3) is 6.08 Å². The van der Waals surface area contributed by atoms with E-state index in [0.29, 0.717) is 17.2 Å². The fourth-order valence-electron chi connectivity index (χ4n) is 2.83. The number of methoxy groups -OCH3 is 3. The molecular weight excluding hydrogens is 342 g/mol. The second-order valence-corrected chi connectivity index (χ2v) is 6.33. The highest BCUT2D eigenvalue weighted by Gasteiger charge is 2.15. The lowest BCUT2D eigenvalue weighted by molar-refractivity contribution is 0.104. The summed E-state index contributed by atoms with van der Waals surface area (Å²) >= 11 is 0. The molecule has 0 aliphatic heterocycles. The van der Waals surface area contributed by atoms with Crippen LogP contribution in [-0.4, -0.2) is 52.7 Å². The third-order valence-electron chi connectivity index (χ3n) is 4.26. The molecule has 2 aromatic rings. The second-order valence-electron chi connectivity index (χ2n) is 6.33. The predicted molar refractivity (Wildman–Crippen MR) is 108 cm³/mol. The number of carbonyl (C=O) groups is 1. The van der Waals surface area contributed by atoms with E-state index in [4.69, 9.17) is 14.2 Å². The van der Waals surface area contributed by atoms with Gasteiger partial charge in [0.1, 0.15) is 0 Å². The Labute approximate surface area is 161 Å². The molecule has 0 heterocycles. The van der Waals surface area contributed by atoms with Crippen molar-refractivity contribution in [3.8, 4) is 17.2 Å². The molecule has 0 saturated carbocycles. The van der Waals surface area contributed by atoms with Crippen LogP contribution in [0.3, 0.4) is 0 Å². The number of benzene rings is 2. The van der Waals surface area contributed by atoms with E-state index in [-0.39, 0.29) is 5.78 Å². The zero-order valence-corrected chi connectivity index (χ0v) is 16.6. The number of rotatable bonds is 9. The first-order valence-corrected chi connectivity index (χ1v) is 8.75. The Kier molecular flexibility index (Phi) is 7.44. The van der Waals surface area contributed by atoms with Crippen LogP contribution in [0.4, 0.5) is 0 Å². The minimum Gasteiger partial charge on any atom is -0.493 e. The number of ether oxygens (including phenoxy) is 3. The number of hydrogen-bond donors (Lipinski definition) is 0. The average Bonchev–Trinajstić information content (AvgIpc) is 2.69. The van der Waals surface area contributed by atoms with Crippen LogP contribution in [-0.2, 0) is 6.42 Å². The lowest BCUT2D eigenvalue weighted by Crippen LogP contribution is -2.16. The summed E-state index contributed by atoms with van der Waals surface area (Å²) in [4.78, 5) is 14.9. The monoisotopic (exact) mass is 369 g/mol. The number of hydrogen-bond acceptors (Lipinski definition) is 5. The lowest BCUT2D eigenvalue weighted by atomic mass is 10.00. The smallest absolute Gasteiger partial charge is 0.203 e. The third kappa shape index (κ3) is 5.11. The molecule has 0 bridgehead atoms. The molecule has 0 saturated heterocycles. The van der Waals surface area contributed by atoms with Crippen LogP contribution in [0.2, 0.25) is 0 Å². The summed E-state index contributed by atoms with van der Waals surface area (Å²) in [6, 6.07) is 11.3. The van der Waals surface area contributed by atoms with Crippen LogP contribution in [0, 0.1) is 0 Å².